The molecule has 0 bridgehead atoms. The molecular weight excluding hydrogens is 297 g/mol. The minimum Gasteiger partial charge on any atom is -0.396 e. The van der Waals surface area contributed by atoms with Crippen molar-refractivity contribution in [2.24, 2.45) is 11.3 Å². The van der Waals surface area contributed by atoms with Gasteiger partial charge < -0.3 is 14.7 Å². The Bertz CT molecular complexity index is 630. The summed E-state index contributed by atoms with van der Waals surface area (Å²) in [5.41, 5.74) is -0.496. The van der Waals surface area contributed by atoms with Gasteiger partial charge in [0.05, 0.1) is 18.6 Å². The molecule has 2 heterocycles. The maximum absolute atomic E-state index is 14.2. The zero-order valence-electron chi connectivity index (χ0n) is 13.1. The zero-order valence-corrected chi connectivity index (χ0v) is 13.1. The molecule has 2 aliphatic heterocycles. The first-order valence-corrected chi connectivity index (χ1v) is 8.34. The highest BCUT2D eigenvalue weighted by molar-refractivity contribution is 5.91. The van der Waals surface area contributed by atoms with Gasteiger partial charge in [0.25, 0.3) is 0 Å². The SMILES string of the molecule is O=C(N1C[C@@H]2CCOC[C@]2(CO)C1)C1(c2ccccc2F)CC1. The second-order valence-electron chi connectivity index (χ2n) is 7.31. The van der Waals surface area contributed by atoms with Crippen LogP contribution in [-0.4, -0.2) is 48.8 Å². The molecule has 1 saturated carbocycles. The van der Waals surface area contributed by atoms with Crippen LogP contribution in [0.3, 0.4) is 0 Å². The van der Waals surface area contributed by atoms with E-state index in [2.05, 4.69) is 0 Å². The van der Waals surface area contributed by atoms with E-state index in [1.54, 1.807) is 18.2 Å². The highest BCUT2D eigenvalue weighted by Gasteiger charge is 2.58. The lowest BCUT2D eigenvalue weighted by atomic mass is 9.76. The number of amides is 1. The summed E-state index contributed by atoms with van der Waals surface area (Å²) in [5, 5.41) is 9.85. The van der Waals surface area contributed by atoms with E-state index in [-0.39, 0.29) is 29.7 Å². The van der Waals surface area contributed by atoms with Gasteiger partial charge in [0, 0.05) is 30.7 Å². The van der Waals surface area contributed by atoms with Gasteiger partial charge >= 0.3 is 0 Å². The van der Waals surface area contributed by atoms with Crippen LogP contribution in [-0.2, 0) is 14.9 Å². The molecule has 1 aliphatic carbocycles. The number of carbonyl (C=O) groups excluding carboxylic acids is 1. The quantitative estimate of drug-likeness (QED) is 0.923. The third kappa shape index (κ3) is 2.21. The summed E-state index contributed by atoms with van der Waals surface area (Å²) in [7, 11) is 0. The summed E-state index contributed by atoms with van der Waals surface area (Å²) >= 11 is 0. The van der Waals surface area contributed by atoms with Crippen LogP contribution < -0.4 is 0 Å². The van der Waals surface area contributed by atoms with Crippen LogP contribution in [0.5, 0.6) is 0 Å². The third-order valence-corrected chi connectivity index (χ3v) is 5.96. The van der Waals surface area contributed by atoms with E-state index in [0.29, 0.717) is 44.7 Å². The summed E-state index contributed by atoms with van der Waals surface area (Å²) in [4.78, 5) is 15.0. The Kier molecular flexibility index (Phi) is 3.46. The van der Waals surface area contributed by atoms with Gasteiger partial charge in [0.1, 0.15) is 5.82 Å². The van der Waals surface area contributed by atoms with E-state index >= 15 is 0 Å². The number of ether oxygens (including phenoxy) is 1. The zero-order chi connectivity index (χ0) is 16.1. The summed E-state index contributed by atoms with van der Waals surface area (Å²) in [5.74, 6) is 0.00149. The van der Waals surface area contributed by atoms with Crippen molar-refractivity contribution in [1.29, 1.82) is 0 Å². The number of carbonyl (C=O) groups is 1. The van der Waals surface area contributed by atoms with Crippen molar-refractivity contribution in [3.8, 4) is 0 Å². The van der Waals surface area contributed by atoms with E-state index in [1.165, 1.54) is 6.07 Å². The van der Waals surface area contributed by atoms with Crippen LogP contribution in [0.25, 0.3) is 0 Å². The molecule has 0 radical (unpaired) electrons. The van der Waals surface area contributed by atoms with Crippen molar-refractivity contribution in [3.05, 3.63) is 35.6 Å². The predicted octanol–water partition coefficient (Wildman–Crippen LogP) is 1.71. The van der Waals surface area contributed by atoms with Crippen LogP contribution in [0, 0.1) is 17.2 Å². The molecule has 124 valence electrons. The second-order valence-corrected chi connectivity index (χ2v) is 7.31. The standard InChI is InChI=1S/C18H22FNO3/c19-15-4-2-1-3-14(15)18(6-7-18)16(22)20-9-13-5-8-23-12-17(13,10-20)11-21/h1-4,13,21H,5-12H2/t13-,17+/m0/s1. The summed E-state index contributed by atoms with van der Waals surface area (Å²) < 4.78 is 19.7. The summed E-state index contributed by atoms with van der Waals surface area (Å²) in [6.45, 7) is 2.40. The molecule has 4 nitrogen and oxygen atoms in total. The van der Waals surface area contributed by atoms with Crippen LogP contribution in [0.4, 0.5) is 4.39 Å². The van der Waals surface area contributed by atoms with Crippen molar-refractivity contribution in [2.75, 3.05) is 32.9 Å². The van der Waals surface area contributed by atoms with Crippen LogP contribution in [0.2, 0.25) is 0 Å². The molecule has 0 unspecified atom stereocenters. The topological polar surface area (TPSA) is 49.8 Å². The van der Waals surface area contributed by atoms with Crippen LogP contribution in [0.1, 0.15) is 24.8 Å². The molecule has 4 rings (SSSR count). The molecule has 3 aliphatic rings. The normalized spacial score (nSPS) is 31.7. The minimum atomic E-state index is -0.684. The second kappa shape index (κ2) is 5.28. The molecule has 0 spiro atoms. The number of rotatable bonds is 3. The fraction of sp³-hybridized carbons (Fsp3) is 0.611. The number of fused-ring (bicyclic) bond motifs is 1. The minimum absolute atomic E-state index is 0.0184. The number of aliphatic hydroxyl groups excluding tert-OH is 1. The molecular formula is C18H22FNO3. The Hall–Kier alpha value is -1.46. The number of benzene rings is 1. The number of nitrogens with zero attached hydrogens (tertiary/aromatic N) is 1. The maximum atomic E-state index is 14.2. The van der Waals surface area contributed by atoms with Crippen LogP contribution >= 0.6 is 0 Å². The molecule has 5 heteroatoms. The number of aliphatic hydroxyl groups is 1. The average Bonchev–Trinajstić information content (AvgIpc) is 3.28. The molecule has 1 aromatic carbocycles. The largest absolute Gasteiger partial charge is 0.396 e. The predicted molar refractivity (Wildman–Crippen MR) is 82.3 cm³/mol. The monoisotopic (exact) mass is 319 g/mol. The Balaban J connectivity index is 1.60. The van der Waals surface area contributed by atoms with Gasteiger partial charge in [-0.2, -0.15) is 0 Å². The fourth-order valence-electron chi connectivity index (χ4n) is 4.35. The van der Waals surface area contributed by atoms with Gasteiger partial charge in [-0.3, -0.25) is 4.79 Å². The van der Waals surface area contributed by atoms with Crippen molar-refractivity contribution >= 4 is 5.91 Å². The van der Waals surface area contributed by atoms with E-state index in [4.69, 9.17) is 4.74 Å². The van der Waals surface area contributed by atoms with Crippen molar-refractivity contribution in [2.45, 2.75) is 24.7 Å². The van der Waals surface area contributed by atoms with E-state index in [9.17, 15) is 14.3 Å². The van der Waals surface area contributed by atoms with Gasteiger partial charge in [-0.15, -0.1) is 0 Å². The highest BCUT2D eigenvalue weighted by Crippen LogP contribution is 2.52. The molecule has 2 saturated heterocycles. The number of hydrogen-bond acceptors (Lipinski definition) is 3. The third-order valence-electron chi connectivity index (χ3n) is 5.96. The van der Waals surface area contributed by atoms with E-state index in [1.807, 2.05) is 4.90 Å². The van der Waals surface area contributed by atoms with Gasteiger partial charge in [0.15, 0.2) is 0 Å². The lowest BCUT2D eigenvalue weighted by Gasteiger charge is -2.36. The number of halogens is 1. The summed E-state index contributed by atoms with van der Waals surface area (Å²) in [6.07, 6.45) is 2.28. The van der Waals surface area contributed by atoms with Gasteiger partial charge in [0.2, 0.25) is 5.91 Å². The van der Waals surface area contributed by atoms with Gasteiger partial charge in [-0.25, -0.2) is 4.39 Å². The Labute approximate surface area is 135 Å². The van der Waals surface area contributed by atoms with Crippen LogP contribution in [0.15, 0.2) is 24.3 Å². The van der Waals surface area contributed by atoms with Crippen molar-refractivity contribution < 1.29 is 19.0 Å². The van der Waals surface area contributed by atoms with Gasteiger partial charge in [-0.05, 0) is 31.2 Å². The van der Waals surface area contributed by atoms with Crippen molar-refractivity contribution in [3.63, 3.8) is 0 Å². The van der Waals surface area contributed by atoms with E-state index < -0.39 is 5.41 Å². The lowest BCUT2D eigenvalue weighted by molar-refractivity contribution is -0.133. The summed E-state index contributed by atoms with van der Waals surface area (Å²) in [6, 6.07) is 6.60. The maximum Gasteiger partial charge on any atom is 0.233 e. The molecule has 3 fully saturated rings. The molecule has 2 atom stereocenters. The van der Waals surface area contributed by atoms with E-state index in [0.717, 1.165) is 6.42 Å². The molecule has 1 N–H and O–H groups in total. The smallest absolute Gasteiger partial charge is 0.233 e. The highest BCUT2D eigenvalue weighted by atomic mass is 19.1. The molecule has 1 aromatic rings. The molecule has 1 amide bonds. The molecule has 23 heavy (non-hydrogen) atoms. The average molecular weight is 319 g/mol. The number of likely N-dealkylation sites (tertiary alicyclic amines) is 1. The Morgan fingerprint density at radius 3 is 2.83 bits per heavy atom. The van der Waals surface area contributed by atoms with Crippen molar-refractivity contribution in [1.82, 2.24) is 4.90 Å². The Morgan fingerprint density at radius 2 is 2.17 bits per heavy atom. The number of hydrogen-bond donors (Lipinski definition) is 1. The first-order chi connectivity index (χ1) is 11.1. The molecule has 0 aromatic heterocycles. The first kappa shape index (κ1) is 15.1. The first-order valence-electron chi connectivity index (χ1n) is 8.34. The Morgan fingerprint density at radius 1 is 1.39 bits per heavy atom. The fourth-order valence-corrected chi connectivity index (χ4v) is 4.35. The lowest BCUT2D eigenvalue weighted by Crippen LogP contribution is -2.44. The van der Waals surface area contributed by atoms with Gasteiger partial charge in [-0.1, -0.05) is 18.2 Å².